The Hall–Kier alpha value is -0.370. The molecule has 0 aliphatic heterocycles. The third kappa shape index (κ3) is 183. The lowest BCUT2D eigenvalue weighted by atomic mass is 10.9. The van der Waals surface area contributed by atoms with Crippen LogP contribution in [0.1, 0.15) is 6.92 Å². The number of carbonyl (C=O) groups is 2. The van der Waals surface area contributed by atoms with Gasteiger partial charge in [0.1, 0.15) is 6.79 Å². The molecule has 0 radical (unpaired) electrons. The van der Waals surface area contributed by atoms with Crippen LogP contribution >= 0.6 is 11.6 Å². The molecular formula is C3H5ClO2. The molecule has 6 heavy (non-hydrogen) atoms. The molecule has 0 aromatic carbocycles. The number of halogens is 1. The third-order valence-corrected chi connectivity index (χ3v) is 0. The maximum Gasteiger partial charge on any atom is 0.218 e. The van der Waals surface area contributed by atoms with Gasteiger partial charge in [0.2, 0.25) is 5.24 Å². The third-order valence-electron chi connectivity index (χ3n) is 0. The second-order valence-electron chi connectivity index (χ2n) is 0.470. The molecular weight excluding hydrogens is 103 g/mol. The summed E-state index contributed by atoms with van der Waals surface area (Å²) in [6.45, 7) is 3.29. The Morgan fingerprint density at radius 1 is 1.67 bits per heavy atom. The molecule has 36 valence electrons. The Bertz CT molecular complexity index is 40.1. The normalized spacial score (nSPS) is 5.00. The zero-order valence-corrected chi connectivity index (χ0v) is 4.16. The highest BCUT2D eigenvalue weighted by atomic mass is 35.5. The Labute approximate surface area is 41.1 Å². The van der Waals surface area contributed by atoms with Crippen molar-refractivity contribution in [3.8, 4) is 0 Å². The molecule has 0 atom stereocenters. The summed E-state index contributed by atoms with van der Waals surface area (Å²) in [6.07, 6.45) is 0. The van der Waals surface area contributed by atoms with E-state index in [0.717, 1.165) is 0 Å². The van der Waals surface area contributed by atoms with Gasteiger partial charge in [-0.1, -0.05) is 0 Å². The van der Waals surface area contributed by atoms with Crippen molar-refractivity contribution in [2.45, 2.75) is 6.92 Å². The van der Waals surface area contributed by atoms with Crippen molar-refractivity contribution in [1.82, 2.24) is 0 Å². The van der Waals surface area contributed by atoms with E-state index in [1.165, 1.54) is 6.92 Å². The van der Waals surface area contributed by atoms with E-state index in [-0.39, 0.29) is 5.24 Å². The summed E-state index contributed by atoms with van der Waals surface area (Å²) in [4.78, 5) is 17.2. The van der Waals surface area contributed by atoms with Crippen LogP contribution in [0.3, 0.4) is 0 Å². The van der Waals surface area contributed by atoms with Gasteiger partial charge in [-0.15, -0.1) is 0 Å². The van der Waals surface area contributed by atoms with Gasteiger partial charge in [-0.05, 0) is 11.6 Å². The molecule has 0 spiro atoms. The molecule has 0 aliphatic carbocycles. The fourth-order valence-electron chi connectivity index (χ4n) is 0. The summed E-state index contributed by atoms with van der Waals surface area (Å²) >= 11 is 4.64. The zero-order valence-electron chi connectivity index (χ0n) is 3.40. The van der Waals surface area contributed by atoms with Crippen molar-refractivity contribution in [2.24, 2.45) is 0 Å². The molecule has 2 nitrogen and oxygen atoms in total. The Balaban J connectivity index is 0. The fourth-order valence-corrected chi connectivity index (χ4v) is 0. The van der Waals surface area contributed by atoms with E-state index in [1.807, 2.05) is 6.79 Å². The van der Waals surface area contributed by atoms with E-state index < -0.39 is 0 Å². The van der Waals surface area contributed by atoms with E-state index in [4.69, 9.17) is 4.79 Å². The Morgan fingerprint density at radius 2 is 1.67 bits per heavy atom. The van der Waals surface area contributed by atoms with Gasteiger partial charge < -0.3 is 4.79 Å². The molecule has 0 unspecified atom stereocenters. The van der Waals surface area contributed by atoms with Gasteiger partial charge in [0, 0.05) is 6.92 Å². The molecule has 0 fully saturated rings. The zero-order chi connectivity index (χ0) is 5.58. The standard InChI is InChI=1S/C2H3ClO.CH2O/c1-2(3)4;1-2/h1H3;1H2. The summed E-state index contributed by atoms with van der Waals surface area (Å²) in [7, 11) is 0. The van der Waals surface area contributed by atoms with Gasteiger partial charge in [-0.3, -0.25) is 4.79 Å². The Kier molecular flexibility index (Phi) is 13.5. The van der Waals surface area contributed by atoms with Crippen molar-refractivity contribution >= 4 is 23.6 Å². The number of carbonyl (C=O) groups excluding carboxylic acids is 2. The maximum absolute atomic E-state index is 9.21. The minimum Gasteiger partial charge on any atom is -0.307 e. The van der Waals surface area contributed by atoms with Crippen LogP contribution in [0.5, 0.6) is 0 Å². The predicted octanol–water partition coefficient (Wildman–Crippen LogP) is 0.587. The molecule has 0 saturated carbocycles. The first-order valence-corrected chi connectivity index (χ1v) is 1.56. The summed E-state index contributed by atoms with van der Waals surface area (Å²) in [5, 5.41) is -0.361. The highest BCUT2D eigenvalue weighted by Crippen LogP contribution is 1.67. The smallest absolute Gasteiger partial charge is 0.218 e. The quantitative estimate of drug-likeness (QED) is 0.426. The molecule has 0 heterocycles. The van der Waals surface area contributed by atoms with Gasteiger partial charge in [0.15, 0.2) is 0 Å². The lowest BCUT2D eigenvalue weighted by molar-refractivity contribution is -0.109. The minimum atomic E-state index is -0.361. The van der Waals surface area contributed by atoms with Gasteiger partial charge in [0.25, 0.3) is 0 Å². The summed E-state index contributed by atoms with van der Waals surface area (Å²) in [5.41, 5.74) is 0. The van der Waals surface area contributed by atoms with Crippen LogP contribution in [0.2, 0.25) is 0 Å². The fraction of sp³-hybridized carbons (Fsp3) is 0.333. The highest BCUT2D eigenvalue weighted by Gasteiger charge is 1.67. The summed E-state index contributed by atoms with van der Waals surface area (Å²) in [6, 6.07) is 0. The van der Waals surface area contributed by atoms with E-state index in [0.29, 0.717) is 0 Å². The average Bonchev–Trinajstić information content (AvgIpc) is 1.41. The van der Waals surface area contributed by atoms with Crippen LogP contribution in [0.15, 0.2) is 0 Å². The van der Waals surface area contributed by atoms with Crippen molar-refractivity contribution in [1.29, 1.82) is 0 Å². The highest BCUT2D eigenvalue weighted by molar-refractivity contribution is 6.62. The van der Waals surface area contributed by atoms with Crippen molar-refractivity contribution < 1.29 is 9.59 Å². The first-order valence-electron chi connectivity index (χ1n) is 1.18. The summed E-state index contributed by atoms with van der Waals surface area (Å²) in [5.74, 6) is 0. The molecule has 0 aromatic heterocycles. The number of hydrogen-bond donors (Lipinski definition) is 0. The van der Waals surface area contributed by atoms with E-state index in [2.05, 4.69) is 11.6 Å². The van der Waals surface area contributed by atoms with Gasteiger partial charge in [-0.25, -0.2) is 0 Å². The average molecular weight is 109 g/mol. The first kappa shape index (κ1) is 9.16. The first-order chi connectivity index (χ1) is 2.73. The van der Waals surface area contributed by atoms with Crippen LogP contribution in [-0.4, -0.2) is 12.0 Å². The van der Waals surface area contributed by atoms with Gasteiger partial charge in [0.05, 0.1) is 0 Å². The van der Waals surface area contributed by atoms with Crippen LogP contribution < -0.4 is 0 Å². The minimum absolute atomic E-state index is 0.361. The van der Waals surface area contributed by atoms with E-state index in [1.54, 1.807) is 0 Å². The van der Waals surface area contributed by atoms with Gasteiger partial charge >= 0.3 is 0 Å². The molecule has 0 bridgehead atoms. The number of rotatable bonds is 0. The lowest BCUT2D eigenvalue weighted by Gasteiger charge is -1.52. The molecule has 0 aromatic rings. The molecule has 0 rings (SSSR count). The Morgan fingerprint density at radius 3 is 1.67 bits per heavy atom. The monoisotopic (exact) mass is 108 g/mol. The molecule has 0 aliphatic rings. The van der Waals surface area contributed by atoms with Crippen molar-refractivity contribution in [3.05, 3.63) is 0 Å². The summed E-state index contributed by atoms with van der Waals surface area (Å²) < 4.78 is 0. The largest absolute Gasteiger partial charge is 0.307 e. The van der Waals surface area contributed by atoms with Crippen LogP contribution in [0.4, 0.5) is 0 Å². The second-order valence-corrected chi connectivity index (χ2v) is 1.00. The molecule has 0 saturated heterocycles. The molecule has 3 heteroatoms. The van der Waals surface area contributed by atoms with Crippen LogP contribution in [0.25, 0.3) is 0 Å². The van der Waals surface area contributed by atoms with E-state index >= 15 is 0 Å². The lowest BCUT2D eigenvalue weighted by Crippen LogP contribution is -1.62. The van der Waals surface area contributed by atoms with Crippen molar-refractivity contribution in [3.63, 3.8) is 0 Å². The van der Waals surface area contributed by atoms with E-state index in [9.17, 15) is 4.79 Å². The molecule has 0 amide bonds. The van der Waals surface area contributed by atoms with Crippen LogP contribution in [-0.2, 0) is 9.59 Å². The predicted molar refractivity (Wildman–Crippen MR) is 23.7 cm³/mol. The second kappa shape index (κ2) is 8.82. The maximum atomic E-state index is 9.21. The number of hydrogen-bond acceptors (Lipinski definition) is 2. The van der Waals surface area contributed by atoms with Gasteiger partial charge in [-0.2, -0.15) is 0 Å². The SMILES string of the molecule is C=O.CC(=O)Cl. The topological polar surface area (TPSA) is 34.1 Å². The molecule has 0 N–H and O–H groups in total. The van der Waals surface area contributed by atoms with Crippen LogP contribution in [0, 0.1) is 0 Å². The van der Waals surface area contributed by atoms with Crippen molar-refractivity contribution in [2.75, 3.05) is 0 Å².